The van der Waals surface area contributed by atoms with E-state index in [4.69, 9.17) is 0 Å². The normalized spacial score (nSPS) is 14.9. The summed E-state index contributed by atoms with van der Waals surface area (Å²) in [6.07, 6.45) is 6.29. The fraction of sp³-hybridized carbons (Fsp3) is 0.357. The number of carbonyl (C=O) groups excluding carboxylic acids is 1. The Morgan fingerprint density at radius 2 is 2.29 bits per heavy atom. The van der Waals surface area contributed by atoms with Gasteiger partial charge in [0, 0.05) is 12.7 Å². The summed E-state index contributed by atoms with van der Waals surface area (Å²) in [6.45, 7) is 2.60. The molecule has 0 saturated heterocycles. The fourth-order valence-corrected chi connectivity index (χ4v) is 1.60. The molecular formula is C14H18N2O. The summed E-state index contributed by atoms with van der Waals surface area (Å²) in [4.78, 5) is 11.4. The molecule has 0 atom stereocenters. The van der Waals surface area contributed by atoms with Gasteiger partial charge in [-0.2, -0.15) is 0 Å². The maximum atomic E-state index is 11.4. The van der Waals surface area contributed by atoms with Crippen molar-refractivity contribution >= 4 is 6.03 Å². The molecule has 2 N–H and O–H groups in total. The summed E-state index contributed by atoms with van der Waals surface area (Å²) in [7, 11) is 0. The molecule has 90 valence electrons. The number of rotatable bonds is 4. The molecule has 0 spiro atoms. The summed E-state index contributed by atoms with van der Waals surface area (Å²) in [5.41, 5.74) is 2.32. The zero-order chi connectivity index (χ0) is 12.1. The van der Waals surface area contributed by atoms with Crippen molar-refractivity contribution in [3.63, 3.8) is 0 Å². The number of hydrogen-bond donors (Lipinski definition) is 2. The molecule has 1 aromatic carbocycles. The van der Waals surface area contributed by atoms with E-state index in [2.05, 4.69) is 16.7 Å². The second-order valence-corrected chi connectivity index (χ2v) is 4.51. The Hall–Kier alpha value is -1.77. The van der Waals surface area contributed by atoms with Gasteiger partial charge in [0.25, 0.3) is 0 Å². The number of urea groups is 1. The molecule has 1 aliphatic carbocycles. The molecule has 0 aromatic heterocycles. The highest BCUT2D eigenvalue weighted by Gasteiger charge is 2.16. The molecule has 3 heteroatoms. The van der Waals surface area contributed by atoms with Crippen LogP contribution in [0.15, 0.2) is 36.5 Å². The lowest BCUT2D eigenvalue weighted by Crippen LogP contribution is -2.31. The molecule has 1 aliphatic rings. The van der Waals surface area contributed by atoms with Crippen molar-refractivity contribution in [3.05, 3.63) is 47.7 Å². The number of carbonyl (C=O) groups is 1. The van der Waals surface area contributed by atoms with E-state index in [-0.39, 0.29) is 6.03 Å². The first-order valence-electron chi connectivity index (χ1n) is 6.00. The number of allylic oxidation sites excluding steroid dienone is 1. The fourth-order valence-electron chi connectivity index (χ4n) is 1.60. The summed E-state index contributed by atoms with van der Waals surface area (Å²) >= 11 is 0. The van der Waals surface area contributed by atoms with Crippen molar-refractivity contribution in [2.75, 3.05) is 0 Å². The number of aryl methyl sites for hydroxylation is 1. The molecule has 0 heterocycles. The zero-order valence-electron chi connectivity index (χ0n) is 10.1. The Kier molecular flexibility index (Phi) is 3.81. The van der Waals surface area contributed by atoms with Crippen LogP contribution in [-0.2, 0) is 6.54 Å². The molecular weight excluding hydrogens is 212 g/mol. The van der Waals surface area contributed by atoms with E-state index in [0.29, 0.717) is 12.5 Å². The van der Waals surface area contributed by atoms with Crippen molar-refractivity contribution in [3.8, 4) is 0 Å². The quantitative estimate of drug-likeness (QED) is 0.820. The van der Waals surface area contributed by atoms with E-state index in [9.17, 15) is 4.79 Å². The van der Waals surface area contributed by atoms with Crippen LogP contribution in [0, 0.1) is 12.8 Å². The zero-order valence-corrected chi connectivity index (χ0v) is 10.1. The first-order chi connectivity index (χ1) is 8.24. The van der Waals surface area contributed by atoms with Crippen molar-refractivity contribution in [1.29, 1.82) is 0 Å². The molecule has 2 rings (SSSR count). The maximum Gasteiger partial charge on any atom is 0.319 e. The van der Waals surface area contributed by atoms with Gasteiger partial charge >= 0.3 is 6.03 Å². The SMILES string of the molecule is Cc1cccc(CNC(=O)N/C=C/C2CC2)c1. The van der Waals surface area contributed by atoms with Crippen LogP contribution in [0.2, 0.25) is 0 Å². The number of amides is 2. The second-order valence-electron chi connectivity index (χ2n) is 4.51. The van der Waals surface area contributed by atoms with Gasteiger partial charge in [-0.25, -0.2) is 4.79 Å². The summed E-state index contributed by atoms with van der Waals surface area (Å²) in [5, 5.41) is 5.53. The van der Waals surface area contributed by atoms with Gasteiger partial charge in [0.15, 0.2) is 0 Å². The van der Waals surface area contributed by atoms with Gasteiger partial charge in [-0.05, 0) is 31.2 Å². The van der Waals surface area contributed by atoms with Crippen LogP contribution in [-0.4, -0.2) is 6.03 Å². The van der Waals surface area contributed by atoms with Gasteiger partial charge in [0.2, 0.25) is 0 Å². The molecule has 0 unspecified atom stereocenters. The average molecular weight is 230 g/mol. The maximum absolute atomic E-state index is 11.4. The Morgan fingerprint density at radius 3 is 3.00 bits per heavy atom. The highest BCUT2D eigenvalue weighted by molar-refractivity contribution is 5.74. The second kappa shape index (κ2) is 5.53. The van der Waals surface area contributed by atoms with Crippen LogP contribution in [0.1, 0.15) is 24.0 Å². The lowest BCUT2D eigenvalue weighted by atomic mass is 10.1. The van der Waals surface area contributed by atoms with Crippen LogP contribution in [0.25, 0.3) is 0 Å². The van der Waals surface area contributed by atoms with Crippen LogP contribution in [0.5, 0.6) is 0 Å². The molecule has 0 bridgehead atoms. The summed E-state index contributed by atoms with van der Waals surface area (Å²) < 4.78 is 0. The Bertz CT molecular complexity index is 422. The van der Waals surface area contributed by atoms with E-state index in [0.717, 1.165) is 5.56 Å². The average Bonchev–Trinajstić information content (AvgIpc) is 3.11. The van der Waals surface area contributed by atoms with E-state index < -0.39 is 0 Å². The van der Waals surface area contributed by atoms with Crippen LogP contribution < -0.4 is 10.6 Å². The van der Waals surface area contributed by atoms with Gasteiger partial charge in [0.1, 0.15) is 0 Å². The predicted octanol–water partition coefficient (Wildman–Crippen LogP) is 2.72. The highest BCUT2D eigenvalue weighted by atomic mass is 16.2. The van der Waals surface area contributed by atoms with Gasteiger partial charge in [-0.15, -0.1) is 0 Å². The van der Waals surface area contributed by atoms with E-state index in [1.165, 1.54) is 18.4 Å². The lowest BCUT2D eigenvalue weighted by molar-refractivity contribution is 0.243. The van der Waals surface area contributed by atoms with E-state index in [1.54, 1.807) is 6.20 Å². The molecule has 0 aliphatic heterocycles. The van der Waals surface area contributed by atoms with Gasteiger partial charge in [-0.3, -0.25) is 0 Å². The molecule has 1 aromatic rings. The molecule has 2 amide bonds. The number of benzene rings is 1. The Labute approximate surface area is 102 Å². The lowest BCUT2D eigenvalue weighted by Gasteiger charge is -2.05. The third kappa shape index (κ3) is 4.31. The van der Waals surface area contributed by atoms with Crippen molar-refractivity contribution < 1.29 is 4.79 Å². The summed E-state index contributed by atoms with van der Waals surface area (Å²) in [5.74, 6) is 0.687. The monoisotopic (exact) mass is 230 g/mol. The van der Waals surface area contributed by atoms with Crippen LogP contribution in [0.3, 0.4) is 0 Å². The third-order valence-electron chi connectivity index (χ3n) is 2.74. The predicted molar refractivity (Wildman–Crippen MR) is 68.4 cm³/mol. The van der Waals surface area contributed by atoms with Gasteiger partial charge < -0.3 is 10.6 Å². The first-order valence-corrected chi connectivity index (χ1v) is 6.00. The van der Waals surface area contributed by atoms with Gasteiger partial charge in [0.05, 0.1) is 0 Å². The number of nitrogens with one attached hydrogen (secondary N) is 2. The molecule has 3 nitrogen and oxygen atoms in total. The molecule has 17 heavy (non-hydrogen) atoms. The van der Waals surface area contributed by atoms with Crippen molar-refractivity contribution in [1.82, 2.24) is 10.6 Å². The third-order valence-corrected chi connectivity index (χ3v) is 2.74. The Morgan fingerprint density at radius 1 is 1.47 bits per heavy atom. The smallest absolute Gasteiger partial charge is 0.319 e. The van der Waals surface area contributed by atoms with Crippen molar-refractivity contribution in [2.45, 2.75) is 26.3 Å². The summed E-state index contributed by atoms with van der Waals surface area (Å²) in [6, 6.07) is 7.97. The number of hydrogen-bond acceptors (Lipinski definition) is 1. The standard InChI is InChI=1S/C14H18N2O/c1-11-3-2-4-13(9-11)10-16-14(17)15-8-7-12-5-6-12/h2-4,7-9,12H,5-6,10H2,1H3,(H2,15,16,17)/b8-7+. The van der Waals surface area contributed by atoms with Crippen LogP contribution in [0.4, 0.5) is 4.79 Å². The van der Waals surface area contributed by atoms with Crippen LogP contribution >= 0.6 is 0 Å². The molecule has 0 radical (unpaired) electrons. The minimum Gasteiger partial charge on any atom is -0.334 e. The van der Waals surface area contributed by atoms with Crippen molar-refractivity contribution in [2.24, 2.45) is 5.92 Å². The first kappa shape index (κ1) is 11.7. The minimum absolute atomic E-state index is 0.150. The minimum atomic E-state index is -0.150. The van der Waals surface area contributed by atoms with E-state index in [1.807, 2.05) is 31.2 Å². The topological polar surface area (TPSA) is 41.1 Å². The van der Waals surface area contributed by atoms with E-state index >= 15 is 0 Å². The largest absolute Gasteiger partial charge is 0.334 e. The Balaban J connectivity index is 1.71. The molecule has 1 saturated carbocycles. The van der Waals surface area contributed by atoms with Gasteiger partial charge in [-0.1, -0.05) is 35.9 Å². The highest BCUT2D eigenvalue weighted by Crippen LogP contribution is 2.29. The molecule has 1 fully saturated rings.